The number of benzene rings is 1. The number of rotatable bonds is 5. The lowest BCUT2D eigenvalue weighted by Gasteiger charge is -2.28. The maximum atomic E-state index is 12.9. The van der Waals surface area contributed by atoms with Crippen LogP contribution in [0, 0.1) is 6.92 Å². The van der Waals surface area contributed by atoms with Crippen LogP contribution in [0.2, 0.25) is 5.02 Å². The van der Waals surface area contributed by atoms with Gasteiger partial charge in [0.2, 0.25) is 11.8 Å². The first kappa shape index (κ1) is 20.9. The lowest BCUT2D eigenvalue weighted by Crippen LogP contribution is -2.52. The highest BCUT2D eigenvalue weighted by molar-refractivity contribution is 6.31. The fourth-order valence-corrected chi connectivity index (χ4v) is 3.60. The molecule has 0 radical (unpaired) electrons. The molecule has 2 heterocycles. The number of halogens is 1. The van der Waals surface area contributed by atoms with Crippen LogP contribution in [0.15, 0.2) is 53.8 Å². The van der Waals surface area contributed by atoms with Crippen LogP contribution >= 0.6 is 11.6 Å². The topological polar surface area (TPSA) is 78.5 Å². The number of nitrogens with one attached hydrogen (secondary N) is 2. The number of allylic oxidation sites excluding steroid dienone is 3. The van der Waals surface area contributed by atoms with Crippen molar-refractivity contribution in [2.24, 2.45) is 0 Å². The van der Waals surface area contributed by atoms with E-state index >= 15 is 0 Å². The zero-order valence-corrected chi connectivity index (χ0v) is 17.3. The lowest BCUT2D eigenvalue weighted by molar-refractivity contribution is -0.142. The predicted molar refractivity (Wildman–Crippen MR) is 112 cm³/mol. The SMILES string of the molecule is C\C=C/C=C1/C(=O)N(C2CCC(=O)NC2=O)C/C1=C\NCc1ccc(C)c(Cl)c1. The van der Waals surface area contributed by atoms with E-state index in [1.165, 1.54) is 4.90 Å². The number of carbonyl (C=O) groups is 3. The number of amides is 3. The molecule has 29 heavy (non-hydrogen) atoms. The molecule has 2 aliphatic heterocycles. The molecule has 2 saturated heterocycles. The average molecular weight is 414 g/mol. The van der Waals surface area contributed by atoms with Crippen LogP contribution < -0.4 is 10.6 Å². The summed E-state index contributed by atoms with van der Waals surface area (Å²) in [5.74, 6) is -0.913. The highest BCUT2D eigenvalue weighted by Crippen LogP contribution is 2.28. The Morgan fingerprint density at radius 1 is 1.31 bits per heavy atom. The van der Waals surface area contributed by atoms with Crippen LogP contribution in [-0.2, 0) is 20.9 Å². The molecule has 0 aliphatic carbocycles. The molecule has 0 saturated carbocycles. The Morgan fingerprint density at radius 3 is 2.79 bits per heavy atom. The number of piperidine rings is 1. The van der Waals surface area contributed by atoms with E-state index < -0.39 is 11.9 Å². The van der Waals surface area contributed by atoms with E-state index in [9.17, 15) is 14.4 Å². The molecule has 7 heteroatoms. The Kier molecular flexibility index (Phi) is 6.54. The minimum Gasteiger partial charge on any atom is -0.387 e. The summed E-state index contributed by atoms with van der Waals surface area (Å²) in [6.07, 6.45) is 7.79. The predicted octanol–water partition coefficient (Wildman–Crippen LogP) is 2.77. The molecule has 0 spiro atoms. The molecule has 1 aromatic carbocycles. The summed E-state index contributed by atoms with van der Waals surface area (Å²) in [6.45, 7) is 4.70. The molecule has 1 unspecified atom stereocenters. The van der Waals surface area contributed by atoms with Gasteiger partial charge in [-0.2, -0.15) is 0 Å². The number of nitrogens with zero attached hydrogens (tertiary/aromatic N) is 1. The van der Waals surface area contributed by atoms with Crippen molar-refractivity contribution in [2.45, 2.75) is 39.3 Å². The first-order valence-corrected chi connectivity index (χ1v) is 9.94. The first-order chi connectivity index (χ1) is 13.9. The smallest absolute Gasteiger partial charge is 0.255 e. The summed E-state index contributed by atoms with van der Waals surface area (Å²) in [6, 6.07) is 5.25. The van der Waals surface area contributed by atoms with Gasteiger partial charge in [0, 0.05) is 36.3 Å². The molecular formula is C22H24ClN3O3. The van der Waals surface area contributed by atoms with Crippen molar-refractivity contribution < 1.29 is 14.4 Å². The second kappa shape index (κ2) is 9.09. The maximum Gasteiger partial charge on any atom is 0.255 e. The molecule has 3 amide bonds. The molecule has 152 valence electrons. The fraction of sp³-hybridized carbons (Fsp3) is 0.318. The molecule has 1 atom stereocenters. The largest absolute Gasteiger partial charge is 0.387 e. The minimum absolute atomic E-state index is 0.205. The molecule has 2 fully saturated rings. The number of carbonyl (C=O) groups excluding carboxylic acids is 3. The van der Waals surface area contributed by atoms with Gasteiger partial charge in [0.05, 0.1) is 0 Å². The Labute approximate surface area is 175 Å². The van der Waals surface area contributed by atoms with Gasteiger partial charge in [-0.15, -0.1) is 0 Å². The van der Waals surface area contributed by atoms with Gasteiger partial charge in [-0.3, -0.25) is 19.7 Å². The number of hydrogen-bond acceptors (Lipinski definition) is 4. The van der Waals surface area contributed by atoms with E-state index in [4.69, 9.17) is 11.6 Å². The first-order valence-electron chi connectivity index (χ1n) is 9.56. The second-order valence-corrected chi connectivity index (χ2v) is 7.55. The lowest BCUT2D eigenvalue weighted by atomic mass is 10.0. The van der Waals surface area contributed by atoms with E-state index in [-0.39, 0.29) is 18.2 Å². The van der Waals surface area contributed by atoms with Gasteiger partial charge in [0.25, 0.3) is 5.91 Å². The normalized spacial score (nSPS) is 22.8. The quantitative estimate of drug-likeness (QED) is 0.574. The van der Waals surface area contributed by atoms with Crippen LogP contribution in [0.1, 0.15) is 30.9 Å². The van der Waals surface area contributed by atoms with Crippen LogP contribution in [0.4, 0.5) is 0 Å². The minimum atomic E-state index is -0.629. The van der Waals surface area contributed by atoms with Gasteiger partial charge in [-0.1, -0.05) is 35.9 Å². The number of likely N-dealkylation sites (tertiary alicyclic amines) is 1. The zero-order chi connectivity index (χ0) is 21.0. The van der Waals surface area contributed by atoms with E-state index in [1.807, 2.05) is 44.3 Å². The van der Waals surface area contributed by atoms with Gasteiger partial charge >= 0.3 is 0 Å². The van der Waals surface area contributed by atoms with E-state index in [2.05, 4.69) is 10.6 Å². The van der Waals surface area contributed by atoms with Gasteiger partial charge < -0.3 is 10.2 Å². The van der Waals surface area contributed by atoms with E-state index in [1.54, 1.807) is 12.2 Å². The standard InChI is InChI=1S/C22H24ClN3O3/c1-3-4-5-17-16(12-24-11-15-7-6-14(2)18(23)10-15)13-26(22(17)29)19-8-9-20(27)25-21(19)28/h3-7,10,12,19,24H,8-9,11,13H2,1-2H3,(H,25,27,28)/b4-3-,16-12+,17-5+. The molecule has 0 aromatic heterocycles. The third kappa shape index (κ3) is 4.77. The Hall–Kier alpha value is -2.86. The van der Waals surface area contributed by atoms with Gasteiger partial charge in [0.1, 0.15) is 6.04 Å². The number of imide groups is 1. The summed E-state index contributed by atoms with van der Waals surface area (Å²) in [4.78, 5) is 38.1. The number of aryl methyl sites for hydroxylation is 1. The van der Waals surface area contributed by atoms with Crippen LogP contribution in [0.3, 0.4) is 0 Å². The van der Waals surface area contributed by atoms with Crippen molar-refractivity contribution in [2.75, 3.05) is 6.54 Å². The van der Waals surface area contributed by atoms with Crippen molar-refractivity contribution in [3.05, 3.63) is 69.9 Å². The molecular weight excluding hydrogens is 390 g/mol. The number of hydrogen-bond donors (Lipinski definition) is 2. The van der Waals surface area contributed by atoms with Crippen LogP contribution in [-0.4, -0.2) is 35.2 Å². The molecule has 6 nitrogen and oxygen atoms in total. The molecule has 0 bridgehead atoms. The summed E-state index contributed by atoms with van der Waals surface area (Å²) in [7, 11) is 0. The second-order valence-electron chi connectivity index (χ2n) is 7.14. The third-order valence-corrected chi connectivity index (χ3v) is 5.45. The monoisotopic (exact) mass is 413 g/mol. The van der Waals surface area contributed by atoms with E-state index in [0.29, 0.717) is 30.1 Å². The molecule has 3 rings (SSSR count). The molecule has 1 aromatic rings. The fourth-order valence-electron chi connectivity index (χ4n) is 3.40. The summed E-state index contributed by atoms with van der Waals surface area (Å²) < 4.78 is 0. The summed E-state index contributed by atoms with van der Waals surface area (Å²) in [5.41, 5.74) is 3.40. The van der Waals surface area contributed by atoms with Gasteiger partial charge in [0.15, 0.2) is 0 Å². The summed E-state index contributed by atoms with van der Waals surface area (Å²) >= 11 is 6.18. The maximum absolute atomic E-state index is 12.9. The van der Waals surface area contributed by atoms with Crippen LogP contribution in [0.25, 0.3) is 0 Å². The van der Waals surface area contributed by atoms with Crippen molar-refractivity contribution in [1.82, 2.24) is 15.5 Å². The molecule has 2 aliphatic rings. The third-order valence-electron chi connectivity index (χ3n) is 5.04. The van der Waals surface area contributed by atoms with Crippen LogP contribution in [0.5, 0.6) is 0 Å². The van der Waals surface area contributed by atoms with Crippen molar-refractivity contribution in [3.63, 3.8) is 0 Å². The highest BCUT2D eigenvalue weighted by atomic mass is 35.5. The molecule has 2 N–H and O–H groups in total. The van der Waals surface area contributed by atoms with Crippen molar-refractivity contribution in [3.8, 4) is 0 Å². The zero-order valence-electron chi connectivity index (χ0n) is 16.5. The van der Waals surface area contributed by atoms with Gasteiger partial charge in [-0.25, -0.2) is 0 Å². The Bertz CT molecular complexity index is 933. The average Bonchev–Trinajstić information content (AvgIpc) is 2.98. The van der Waals surface area contributed by atoms with E-state index in [0.717, 1.165) is 16.7 Å². The summed E-state index contributed by atoms with van der Waals surface area (Å²) in [5, 5.41) is 6.27. The van der Waals surface area contributed by atoms with Gasteiger partial charge in [-0.05, 0) is 49.1 Å². The van der Waals surface area contributed by atoms with Crippen molar-refractivity contribution >= 4 is 29.3 Å². The van der Waals surface area contributed by atoms with Crippen molar-refractivity contribution in [1.29, 1.82) is 0 Å². The Morgan fingerprint density at radius 2 is 2.10 bits per heavy atom. The Balaban J connectivity index is 1.77. The highest BCUT2D eigenvalue weighted by Gasteiger charge is 2.40.